The molecule has 2 aromatic carbocycles. The summed E-state index contributed by atoms with van der Waals surface area (Å²) in [5.74, 6) is -0.173. The SMILES string of the molecule is CCc1ccccc1CNCCc1ccc(F)cc1. The van der Waals surface area contributed by atoms with Gasteiger partial charge in [-0.25, -0.2) is 4.39 Å². The van der Waals surface area contributed by atoms with Gasteiger partial charge in [-0.2, -0.15) is 0 Å². The number of rotatable bonds is 6. The Bertz CT molecular complexity index is 505. The van der Waals surface area contributed by atoms with E-state index in [9.17, 15) is 4.39 Å². The fourth-order valence-corrected chi connectivity index (χ4v) is 2.18. The second-order valence-electron chi connectivity index (χ2n) is 4.68. The van der Waals surface area contributed by atoms with Gasteiger partial charge in [0.2, 0.25) is 0 Å². The molecule has 0 heterocycles. The lowest BCUT2D eigenvalue weighted by atomic mass is 10.1. The Morgan fingerprint density at radius 1 is 0.947 bits per heavy atom. The Morgan fingerprint density at radius 3 is 2.32 bits per heavy atom. The number of benzene rings is 2. The molecule has 0 aliphatic carbocycles. The average Bonchev–Trinajstić information content (AvgIpc) is 2.46. The Hall–Kier alpha value is -1.67. The van der Waals surface area contributed by atoms with Crippen LogP contribution in [0.25, 0.3) is 0 Å². The van der Waals surface area contributed by atoms with Gasteiger partial charge < -0.3 is 5.32 Å². The van der Waals surface area contributed by atoms with Crippen molar-refractivity contribution >= 4 is 0 Å². The van der Waals surface area contributed by atoms with Crippen LogP contribution in [0.4, 0.5) is 4.39 Å². The zero-order chi connectivity index (χ0) is 13.5. The van der Waals surface area contributed by atoms with E-state index in [4.69, 9.17) is 0 Å². The predicted molar refractivity (Wildman–Crippen MR) is 77.6 cm³/mol. The molecule has 2 rings (SSSR count). The molecule has 0 aliphatic rings. The van der Waals surface area contributed by atoms with E-state index in [1.807, 2.05) is 12.1 Å². The van der Waals surface area contributed by atoms with Crippen molar-refractivity contribution in [1.29, 1.82) is 0 Å². The van der Waals surface area contributed by atoms with Crippen LogP contribution >= 0.6 is 0 Å². The number of aryl methyl sites for hydroxylation is 1. The van der Waals surface area contributed by atoms with Gasteiger partial charge in [-0.15, -0.1) is 0 Å². The maximum atomic E-state index is 12.8. The number of hydrogen-bond acceptors (Lipinski definition) is 1. The molecule has 0 aromatic heterocycles. The Morgan fingerprint density at radius 2 is 1.63 bits per heavy atom. The number of hydrogen-bond donors (Lipinski definition) is 1. The molecular weight excluding hydrogens is 237 g/mol. The van der Waals surface area contributed by atoms with E-state index in [1.165, 1.54) is 23.3 Å². The highest BCUT2D eigenvalue weighted by Crippen LogP contribution is 2.09. The van der Waals surface area contributed by atoms with Crippen molar-refractivity contribution in [2.45, 2.75) is 26.3 Å². The maximum absolute atomic E-state index is 12.8. The van der Waals surface area contributed by atoms with Crippen molar-refractivity contribution in [1.82, 2.24) is 5.32 Å². The molecular formula is C17H20FN. The van der Waals surface area contributed by atoms with Crippen molar-refractivity contribution in [2.75, 3.05) is 6.54 Å². The topological polar surface area (TPSA) is 12.0 Å². The summed E-state index contributed by atoms with van der Waals surface area (Å²) in [7, 11) is 0. The van der Waals surface area contributed by atoms with Gasteiger partial charge in [-0.1, -0.05) is 43.3 Å². The Kier molecular flexibility index (Phi) is 5.10. The van der Waals surface area contributed by atoms with E-state index in [1.54, 1.807) is 0 Å². The van der Waals surface area contributed by atoms with Crippen LogP contribution in [0.1, 0.15) is 23.6 Å². The highest BCUT2D eigenvalue weighted by Gasteiger charge is 1.99. The van der Waals surface area contributed by atoms with Crippen LogP contribution in [-0.2, 0) is 19.4 Å². The van der Waals surface area contributed by atoms with Gasteiger partial charge in [-0.05, 0) is 48.2 Å². The molecule has 1 N–H and O–H groups in total. The molecule has 0 fully saturated rings. The summed E-state index contributed by atoms with van der Waals surface area (Å²) in [5.41, 5.74) is 3.93. The lowest BCUT2D eigenvalue weighted by molar-refractivity contribution is 0.626. The second-order valence-corrected chi connectivity index (χ2v) is 4.68. The predicted octanol–water partition coefficient (Wildman–Crippen LogP) is 3.72. The zero-order valence-corrected chi connectivity index (χ0v) is 11.3. The van der Waals surface area contributed by atoms with E-state index < -0.39 is 0 Å². The fraction of sp³-hybridized carbons (Fsp3) is 0.294. The van der Waals surface area contributed by atoms with Crippen LogP contribution in [-0.4, -0.2) is 6.54 Å². The smallest absolute Gasteiger partial charge is 0.123 e. The minimum atomic E-state index is -0.173. The molecule has 0 amide bonds. The highest BCUT2D eigenvalue weighted by molar-refractivity contribution is 5.26. The van der Waals surface area contributed by atoms with E-state index in [0.717, 1.165) is 31.5 Å². The largest absolute Gasteiger partial charge is 0.312 e. The van der Waals surface area contributed by atoms with E-state index in [2.05, 4.69) is 36.5 Å². The third-order valence-corrected chi connectivity index (χ3v) is 3.32. The Balaban J connectivity index is 1.79. The first-order valence-corrected chi connectivity index (χ1v) is 6.81. The first-order chi connectivity index (χ1) is 9.29. The van der Waals surface area contributed by atoms with Crippen molar-refractivity contribution in [2.24, 2.45) is 0 Å². The summed E-state index contributed by atoms with van der Waals surface area (Å²) < 4.78 is 12.8. The second kappa shape index (κ2) is 7.05. The van der Waals surface area contributed by atoms with Gasteiger partial charge in [0.15, 0.2) is 0 Å². The van der Waals surface area contributed by atoms with E-state index in [-0.39, 0.29) is 5.82 Å². The molecule has 100 valence electrons. The quantitative estimate of drug-likeness (QED) is 0.778. The van der Waals surface area contributed by atoms with Crippen molar-refractivity contribution in [3.63, 3.8) is 0 Å². The molecule has 0 bridgehead atoms. The number of halogens is 1. The fourth-order valence-electron chi connectivity index (χ4n) is 2.18. The summed E-state index contributed by atoms with van der Waals surface area (Å²) in [6.07, 6.45) is 1.99. The molecule has 2 heteroatoms. The van der Waals surface area contributed by atoms with Gasteiger partial charge >= 0.3 is 0 Å². The van der Waals surface area contributed by atoms with Crippen LogP contribution < -0.4 is 5.32 Å². The monoisotopic (exact) mass is 257 g/mol. The van der Waals surface area contributed by atoms with Gasteiger partial charge in [-0.3, -0.25) is 0 Å². The van der Waals surface area contributed by atoms with Crippen LogP contribution in [0.2, 0.25) is 0 Å². The third-order valence-electron chi connectivity index (χ3n) is 3.32. The van der Waals surface area contributed by atoms with Gasteiger partial charge in [0, 0.05) is 6.54 Å². The van der Waals surface area contributed by atoms with Crippen LogP contribution in [0.3, 0.4) is 0 Å². The van der Waals surface area contributed by atoms with Crippen molar-refractivity contribution in [3.05, 3.63) is 71.0 Å². The molecule has 0 radical (unpaired) electrons. The van der Waals surface area contributed by atoms with Crippen molar-refractivity contribution < 1.29 is 4.39 Å². The Labute approximate surface area is 114 Å². The summed E-state index contributed by atoms with van der Waals surface area (Å²) in [4.78, 5) is 0. The standard InChI is InChI=1S/C17H20FN/c1-2-15-5-3-4-6-16(15)13-19-12-11-14-7-9-17(18)10-8-14/h3-10,19H,2,11-13H2,1H3. The summed E-state index contributed by atoms with van der Waals surface area (Å²) in [5, 5.41) is 3.45. The molecule has 1 nitrogen and oxygen atoms in total. The molecule has 0 saturated carbocycles. The van der Waals surface area contributed by atoms with Gasteiger partial charge in [0.25, 0.3) is 0 Å². The zero-order valence-electron chi connectivity index (χ0n) is 11.3. The molecule has 0 aliphatic heterocycles. The van der Waals surface area contributed by atoms with Gasteiger partial charge in [0.1, 0.15) is 5.82 Å². The summed E-state index contributed by atoms with van der Waals surface area (Å²) in [6.45, 7) is 3.98. The minimum Gasteiger partial charge on any atom is -0.312 e. The van der Waals surface area contributed by atoms with Crippen molar-refractivity contribution in [3.8, 4) is 0 Å². The lowest BCUT2D eigenvalue weighted by Crippen LogP contribution is -2.17. The normalized spacial score (nSPS) is 10.6. The van der Waals surface area contributed by atoms with Crippen LogP contribution in [0.5, 0.6) is 0 Å². The molecule has 0 saturated heterocycles. The maximum Gasteiger partial charge on any atom is 0.123 e. The molecule has 0 spiro atoms. The first-order valence-electron chi connectivity index (χ1n) is 6.81. The van der Waals surface area contributed by atoms with E-state index in [0.29, 0.717) is 0 Å². The van der Waals surface area contributed by atoms with Crippen LogP contribution in [0.15, 0.2) is 48.5 Å². The summed E-state index contributed by atoms with van der Waals surface area (Å²) >= 11 is 0. The summed E-state index contributed by atoms with van der Waals surface area (Å²) in [6, 6.07) is 15.2. The third kappa shape index (κ3) is 4.18. The van der Waals surface area contributed by atoms with E-state index >= 15 is 0 Å². The highest BCUT2D eigenvalue weighted by atomic mass is 19.1. The first kappa shape index (κ1) is 13.8. The minimum absolute atomic E-state index is 0.173. The van der Waals surface area contributed by atoms with Crippen LogP contribution in [0, 0.1) is 5.82 Å². The number of nitrogens with one attached hydrogen (secondary N) is 1. The van der Waals surface area contributed by atoms with Gasteiger partial charge in [0.05, 0.1) is 0 Å². The lowest BCUT2D eigenvalue weighted by Gasteiger charge is -2.09. The molecule has 19 heavy (non-hydrogen) atoms. The molecule has 2 aromatic rings. The average molecular weight is 257 g/mol. The molecule has 0 atom stereocenters. The molecule has 0 unspecified atom stereocenters.